The Hall–Kier alpha value is -1.90. The van der Waals surface area contributed by atoms with Crippen LogP contribution in [0.5, 0.6) is 0 Å². The number of carbonyl (C=O) groups excluding carboxylic acids is 2. The molecule has 4 aliphatic rings. The third-order valence-electron chi connectivity index (χ3n) is 9.30. The average Bonchev–Trinajstić information content (AvgIpc) is 3.06. The first kappa shape index (κ1) is 19.1. The molecule has 3 heteroatoms. The van der Waals surface area contributed by atoms with E-state index in [2.05, 4.69) is 37.4 Å². The SMILES string of the molecule is C[C@]12C=CC(=O)NC1CC[C@@H]1[C@H]2CC[C@]2(C)C(C(=O)Cc3ccccc3)CC[C@@H]12. The van der Waals surface area contributed by atoms with E-state index < -0.39 is 0 Å². The van der Waals surface area contributed by atoms with E-state index in [1.165, 1.54) is 19.3 Å². The van der Waals surface area contributed by atoms with Crippen LogP contribution in [-0.2, 0) is 16.0 Å². The first-order valence-corrected chi connectivity index (χ1v) is 11.5. The van der Waals surface area contributed by atoms with E-state index in [1.807, 2.05) is 18.2 Å². The minimum atomic E-state index is 0.0685. The van der Waals surface area contributed by atoms with Crippen molar-refractivity contribution in [2.75, 3.05) is 0 Å². The van der Waals surface area contributed by atoms with E-state index >= 15 is 0 Å². The van der Waals surface area contributed by atoms with Gasteiger partial charge in [0.1, 0.15) is 5.78 Å². The van der Waals surface area contributed by atoms with Crippen molar-refractivity contribution in [1.29, 1.82) is 0 Å². The Morgan fingerprint density at radius 2 is 1.83 bits per heavy atom. The molecule has 154 valence electrons. The van der Waals surface area contributed by atoms with E-state index in [0.717, 1.165) is 24.8 Å². The second kappa shape index (κ2) is 6.82. The highest BCUT2D eigenvalue weighted by Crippen LogP contribution is 2.65. The smallest absolute Gasteiger partial charge is 0.243 e. The number of rotatable bonds is 3. The van der Waals surface area contributed by atoms with Crippen molar-refractivity contribution in [3.8, 4) is 0 Å². The monoisotopic (exact) mass is 391 g/mol. The molecule has 5 rings (SSSR count). The molecule has 0 bridgehead atoms. The van der Waals surface area contributed by atoms with Crippen molar-refractivity contribution < 1.29 is 9.59 Å². The van der Waals surface area contributed by atoms with Gasteiger partial charge in [0.25, 0.3) is 0 Å². The summed E-state index contributed by atoms with van der Waals surface area (Å²) in [7, 11) is 0. The summed E-state index contributed by atoms with van der Waals surface area (Å²) in [6.07, 6.45) is 11.4. The quantitative estimate of drug-likeness (QED) is 0.811. The number of amides is 1. The third kappa shape index (κ3) is 2.92. The van der Waals surface area contributed by atoms with Crippen molar-refractivity contribution in [1.82, 2.24) is 5.32 Å². The van der Waals surface area contributed by atoms with Crippen molar-refractivity contribution >= 4 is 11.7 Å². The molecular weight excluding hydrogens is 358 g/mol. The van der Waals surface area contributed by atoms with Crippen LogP contribution < -0.4 is 5.32 Å². The summed E-state index contributed by atoms with van der Waals surface area (Å²) in [6.45, 7) is 4.78. The van der Waals surface area contributed by atoms with E-state index in [0.29, 0.717) is 30.0 Å². The molecule has 2 unspecified atom stereocenters. The molecule has 0 aromatic heterocycles. The molecule has 1 aliphatic heterocycles. The molecule has 1 aromatic carbocycles. The van der Waals surface area contributed by atoms with Gasteiger partial charge in [-0.3, -0.25) is 9.59 Å². The lowest BCUT2D eigenvalue weighted by molar-refractivity contribution is -0.131. The minimum Gasteiger partial charge on any atom is -0.349 e. The summed E-state index contributed by atoms with van der Waals surface area (Å²) >= 11 is 0. The maximum atomic E-state index is 13.3. The van der Waals surface area contributed by atoms with Gasteiger partial charge in [0.2, 0.25) is 5.91 Å². The first-order valence-electron chi connectivity index (χ1n) is 11.5. The maximum Gasteiger partial charge on any atom is 0.243 e. The first-order chi connectivity index (χ1) is 13.9. The Balaban J connectivity index is 1.38. The number of hydrogen-bond donors (Lipinski definition) is 1. The summed E-state index contributed by atoms with van der Waals surface area (Å²) in [4.78, 5) is 25.2. The zero-order chi connectivity index (χ0) is 20.2. The number of fused-ring (bicyclic) bond motifs is 5. The van der Waals surface area contributed by atoms with Crippen LogP contribution in [0.4, 0.5) is 0 Å². The van der Waals surface area contributed by atoms with Gasteiger partial charge in [0, 0.05) is 23.8 Å². The molecule has 0 radical (unpaired) electrons. The molecule has 7 atom stereocenters. The summed E-state index contributed by atoms with van der Waals surface area (Å²) < 4.78 is 0. The second-order valence-electron chi connectivity index (χ2n) is 10.5. The average molecular weight is 392 g/mol. The van der Waals surface area contributed by atoms with Crippen molar-refractivity contribution in [3.05, 3.63) is 48.0 Å². The standard InChI is InChI=1S/C26H33NO2/c1-25-14-12-20-18(8-11-23-26(20,2)15-13-24(29)27-23)19(25)9-10-21(25)22(28)16-17-6-4-3-5-7-17/h3-7,13,15,18-21,23H,8-12,14,16H2,1-2H3,(H,27,29)/t18-,19-,20+,21?,23?,25-,26+/m0/s1. The van der Waals surface area contributed by atoms with Crippen molar-refractivity contribution in [2.45, 2.75) is 64.8 Å². The van der Waals surface area contributed by atoms with Gasteiger partial charge in [0.15, 0.2) is 0 Å². The van der Waals surface area contributed by atoms with E-state index in [1.54, 1.807) is 6.08 Å². The molecule has 3 aliphatic carbocycles. The molecule has 3 fully saturated rings. The van der Waals surface area contributed by atoms with Crippen molar-refractivity contribution in [3.63, 3.8) is 0 Å². The van der Waals surface area contributed by atoms with Gasteiger partial charge in [-0.05, 0) is 73.3 Å². The minimum absolute atomic E-state index is 0.0685. The molecule has 1 amide bonds. The van der Waals surface area contributed by atoms with E-state index in [4.69, 9.17) is 0 Å². The maximum absolute atomic E-state index is 13.3. The zero-order valence-electron chi connectivity index (χ0n) is 17.7. The summed E-state index contributed by atoms with van der Waals surface area (Å²) in [6, 6.07) is 10.5. The normalized spacial score (nSPS) is 43.1. The number of Topliss-reactive ketones (excluding diaryl/α,β-unsaturated/α-hetero) is 1. The van der Waals surface area contributed by atoms with E-state index in [-0.39, 0.29) is 28.7 Å². The Morgan fingerprint density at radius 3 is 2.62 bits per heavy atom. The lowest BCUT2D eigenvalue weighted by Gasteiger charge is -2.58. The van der Waals surface area contributed by atoms with Gasteiger partial charge >= 0.3 is 0 Å². The largest absolute Gasteiger partial charge is 0.349 e. The van der Waals surface area contributed by atoms with Gasteiger partial charge in [-0.2, -0.15) is 0 Å². The number of benzene rings is 1. The van der Waals surface area contributed by atoms with Crippen LogP contribution in [0.1, 0.15) is 57.9 Å². The highest BCUT2D eigenvalue weighted by Gasteiger charge is 2.60. The molecular formula is C26H33NO2. The van der Waals surface area contributed by atoms with Gasteiger partial charge < -0.3 is 5.32 Å². The lowest BCUT2D eigenvalue weighted by Crippen LogP contribution is -2.59. The molecule has 0 spiro atoms. The fraction of sp³-hybridized carbons (Fsp3) is 0.615. The fourth-order valence-corrected chi connectivity index (χ4v) is 7.78. The zero-order valence-corrected chi connectivity index (χ0v) is 17.7. The third-order valence-corrected chi connectivity index (χ3v) is 9.30. The fourth-order valence-electron chi connectivity index (χ4n) is 7.78. The topological polar surface area (TPSA) is 46.2 Å². The van der Waals surface area contributed by atoms with Crippen LogP contribution in [0.25, 0.3) is 0 Å². The molecule has 3 saturated carbocycles. The van der Waals surface area contributed by atoms with Crippen LogP contribution in [0, 0.1) is 34.5 Å². The van der Waals surface area contributed by atoms with Gasteiger partial charge in [-0.25, -0.2) is 0 Å². The molecule has 1 heterocycles. The van der Waals surface area contributed by atoms with Crippen molar-refractivity contribution in [2.24, 2.45) is 34.5 Å². The number of hydrogen-bond acceptors (Lipinski definition) is 2. The van der Waals surface area contributed by atoms with E-state index in [9.17, 15) is 9.59 Å². The van der Waals surface area contributed by atoms with Crippen LogP contribution in [0.15, 0.2) is 42.5 Å². The summed E-state index contributed by atoms with van der Waals surface area (Å²) in [5.41, 5.74) is 1.37. The Kier molecular flexibility index (Phi) is 4.49. The van der Waals surface area contributed by atoms with Crippen LogP contribution >= 0.6 is 0 Å². The molecule has 0 saturated heterocycles. The summed E-state index contributed by atoms with van der Waals surface area (Å²) in [5, 5.41) is 3.24. The highest BCUT2D eigenvalue weighted by atomic mass is 16.1. The molecule has 1 N–H and O–H groups in total. The highest BCUT2D eigenvalue weighted by molar-refractivity contribution is 5.89. The van der Waals surface area contributed by atoms with Gasteiger partial charge in [-0.1, -0.05) is 50.3 Å². The predicted molar refractivity (Wildman–Crippen MR) is 114 cm³/mol. The molecule has 29 heavy (non-hydrogen) atoms. The van der Waals surface area contributed by atoms with Gasteiger partial charge in [0.05, 0.1) is 0 Å². The summed E-state index contributed by atoms with van der Waals surface area (Å²) in [5.74, 6) is 2.68. The van der Waals surface area contributed by atoms with Crippen LogP contribution in [-0.4, -0.2) is 17.7 Å². The molecule has 1 aromatic rings. The lowest BCUT2D eigenvalue weighted by atomic mass is 9.47. The molecule has 3 nitrogen and oxygen atoms in total. The van der Waals surface area contributed by atoms with Gasteiger partial charge in [-0.15, -0.1) is 0 Å². The Morgan fingerprint density at radius 1 is 1.03 bits per heavy atom. The number of nitrogens with one attached hydrogen (secondary N) is 1. The Labute approximate surface area is 174 Å². The van der Waals surface area contributed by atoms with Crippen LogP contribution in [0.2, 0.25) is 0 Å². The second-order valence-corrected chi connectivity index (χ2v) is 10.5. The predicted octanol–water partition coefficient (Wildman–Crippen LogP) is 4.71. The number of ketones is 1. The van der Waals surface area contributed by atoms with Crippen LogP contribution in [0.3, 0.4) is 0 Å². The number of carbonyl (C=O) groups is 2. The Bertz CT molecular complexity index is 846.